The number of rotatable bonds is 12. The molecule has 5 rings (SSSR count). The van der Waals surface area contributed by atoms with Crippen molar-refractivity contribution in [3.8, 4) is 5.75 Å². The van der Waals surface area contributed by atoms with E-state index in [9.17, 15) is 9.90 Å². The van der Waals surface area contributed by atoms with Gasteiger partial charge in [0, 0.05) is 19.5 Å². The fraction of sp³-hybridized carbons (Fsp3) is 0.467. The Labute approximate surface area is 276 Å². The van der Waals surface area contributed by atoms with E-state index in [1.54, 1.807) is 44.7 Å². The van der Waals surface area contributed by atoms with Gasteiger partial charge < -0.3 is 28.5 Å². The van der Waals surface area contributed by atoms with Crippen LogP contribution in [0.2, 0.25) is 0 Å². The van der Waals surface area contributed by atoms with Gasteiger partial charge in [-0.2, -0.15) is 0 Å². The number of benzene rings is 2. The highest BCUT2D eigenvalue weighted by atomic mass is 35.5. The number of aromatic nitrogens is 4. The SMILES string of the molecule is Cc1nc(N(C)C)c2ncn([C@@H]3O[C@](CCl)(CO[P@](=S)(N[C@@H](C)C(=O)OC(C)C)Oc4cccc5ccccc45)[C@@H](O)[C@H]3F)c2n1. The lowest BCUT2D eigenvalue weighted by atomic mass is 9.99. The monoisotopic (exact) mass is 694 g/mol. The van der Waals surface area contributed by atoms with Crippen LogP contribution in [-0.2, 0) is 30.6 Å². The van der Waals surface area contributed by atoms with Crippen molar-refractivity contribution in [2.24, 2.45) is 0 Å². The molecule has 1 aliphatic rings. The molecule has 1 fully saturated rings. The van der Waals surface area contributed by atoms with Crippen molar-refractivity contribution in [2.75, 3.05) is 31.5 Å². The smallest absolute Gasteiger partial charge is 0.323 e. The maximum absolute atomic E-state index is 16.0. The number of carbonyl (C=O) groups is 1. The normalized spacial score (nSPS) is 23.5. The summed E-state index contributed by atoms with van der Waals surface area (Å²) in [7, 11) is 3.62. The summed E-state index contributed by atoms with van der Waals surface area (Å²) < 4.78 is 41.5. The molecule has 248 valence electrons. The van der Waals surface area contributed by atoms with Crippen LogP contribution in [-0.4, -0.2) is 87.2 Å². The predicted molar refractivity (Wildman–Crippen MR) is 178 cm³/mol. The maximum atomic E-state index is 16.0. The van der Waals surface area contributed by atoms with Crippen molar-refractivity contribution in [1.82, 2.24) is 24.6 Å². The van der Waals surface area contributed by atoms with E-state index in [0.29, 0.717) is 28.6 Å². The molecular formula is C30H37ClFN6O6PS. The van der Waals surface area contributed by atoms with Crippen molar-refractivity contribution in [1.29, 1.82) is 0 Å². The first kappa shape index (κ1) is 34.4. The van der Waals surface area contributed by atoms with Crippen LogP contribution in [0, 0.1) is 6.92 Å². The van der Waals surface area contributed by atoms with Crippen molar-refractivity contribution >= 4 is 63.8 Å². The minimum atomic E-state index is -3.63. The number of nitrogens with one attached hydrogen (secondary N) is 1. The molecule has 6 atom stereocenters. The Kier molecular flexibility index (Phi) is 10.2. The van der Waals surface area contributed by atoms with E-state index in [-0.39, 0.29) is 12.0 Å². The molecule has 0 saturated carbocycles. The van der Waals surface area contributed by atoms with Crippen molar-refractivity contribution in [3.63, 3.8) is 0 Å². The number of aryl methyl sites for hydroxylation is 1. The molecule has 46 heavy (non-hydrogen) atoms. The molecule has 0 unspecified atom stereocenters. The van der Waals surface area contributed by atoms with Gasteiger partial charge >= 0.3 is 12.6 Å². The molecule has 0 aliphatic carbocycles. The summed E-state index contributed by atoms with van der Waals surface area (Å²) >= 11 is 12.3. The first-order valence-corrected chi connectivity index (χ1v) is 17.8. The number of aliphatic hydroxyl groups is 1. The second-order valence-electron chi connectivity index (χ2n) is 11.6. The molecule has 0 radical (unpaired) electrons. The summed E-state index contributed by atoms with van der Waals surface area (Å²) in [4.78, 5) is 27.8. The third-order valence-electron chi connectivity index (χ3n) is 7.41. The Morgan fingerprint density at radius 2 is 1.96 bits per heavy atom. The summed E-state index contributed by atoms with van der Waals surface area (Å²) in [5.74, 6) is 0.474. The number of ether oxygens (including phenoxy) is 2. The zero-order valence-corrected chi connectivity index (χ0v) is 28.7. The molecule has 0 amide bonds. The first-order chi connectivity index (χ1) is 21.8. The second-order valence-corrected chi connectivity index (χ2v) is 15.0. The Bertz CT molecular complexity index is 1780. The van der Waals surface area contributed by atoms with E-state index in [1.807, 2.05) is 44.4 Å². The quantitative estimate of drug-likeness (QED) is 0.120. The van der Waals surface area contributed by atoms with Gasteiger partial charge in [-0.05, 0) is 51.0 Å². The lowest BCUT2D eigenvalue weighted by molar-refractivity contribution is -0.149. The fourth-order valence-electron chi connectivity index (χ4n) is 5.12. The van der Waals surface area contributed by atoms with Crippen LogP contribution < -0.4 is 14.5 Å². The van der Waals surface area contributed by atoms with E-state index >= 15 is 4.39 Å². The minimum absolute atomic E-state index is 0.325. The second kappa shape index (κ2) is 13.6. The lowest BCUT2D eigenvalue weighted by Gasteiger charge is -2.33. The number of hydrogen-bond acceptors (Lipinski definition) is 11. The van der Waals surface area contributed by atoms with Crippen LogP contribution in [0.3, 0.4) is 0 Å². The van der Waals surface area contributed by atoms with Crippen molar-refractivity contribution in [3.05, 3.63) is 54.6 Å². The molecule has 2 N–H and O–H groups in total. The average Bonchev–Trinajstić information content (AvgIpc) is 3.53. The number of anilines is 1. The van der Waals surface area contributed by atoms with Gasteiger partial charge in [-0.1, -0.05) is 36.4 Å². The average molecular weight is 695 g/mol. The van der Waals surface area contributed by atoms with Gasteiger partial charge in [0.1, 0.15) is 29.3 Å². The molecule has 1 saturated heterocycles. The van der Waals surface area contributed by atoms with Crippen molar-refractivity contribution in [2.45, 2.75) is 63.9 Å². The summed E-state index contributed by atoms with van der Waals surface area (Å²) in [5, 5.41) is 15.9. The van der Waals surface area contributed by atoms with Gasteiger partial charge in [0.05, 0.1) is 24.9 Å². The Morgan fingerprint density at radius 1 is 1.24 bits per heavy atom. The van der Waals surface area contributed by atoms with Gasteiger partial charge in [-0.3, -0.25) is 9.36 Å². The van der Waals surface area contributed by atoms with E-state index in [1.165, 1.54) is 10.9 Å². The molecule has 16 heteroatoms. The number of esters is 1. The molecule has 2 aromatic heterocycles. The molecular weight excluding hydrogens is 658 g/mol. The Balaban J connectivity index is 1.46. The highest BCUT2D eigenvalue weighted by Gasteiger charge is 2.57. The predicted octanol–water partition coefficient (Wildman–Crippen LogP) is 4.81. The Morgan fingerprint density at radius 3 is 2.65 bits per heavy atom. The van der Waals surface area contributed by atoms with Gasteiger partial charge in [-0.15, -0.1) is 11.6 Å². The molecule has 0 bridgehead atoms. The topological polar surface area (TPSA) is 133 Å². The molecule has 1 aliphatic heterocycles. The number of aliphatic hydroxyl groups excluding tert-OH is 1. The van der Waals surface area contributed by atoms with E-state index in [4.69, 9.17) is 41.9 Å². The van der Waals surface area contributed by atoms with E-state index in [0.717, 1.165) is 10.8 Å². The van der Waals surface area contributed by atoms with Gasteiger partial charge in [0.2, 0.25) is 0 Å². The van der Waals surface area contributed by atoms with Crippen LogP contribution in [0.1, 0.15) is 32.8 Å². The number of halogens is 2. The van der Waals surface area contributed by atoms with Crippen LogP contribution in [0.5, 0.6) is 5.75 Å². The molecule has 3 heterocycles. The van der Waals surface area contributed by atoms with Gasteiger partial charge in [-0.25, -0.2) is 24.4 Å². The van der Waals surface area contributed by atoms with Crippen LogP contribution in [0.25, 0.3) is 21.9 Å². The van der Waals surface area contributed by atoms with Gasteiger partial charge in [0.25, 0.3) is 0 Å². The van der Waals surface area contributed by atoms with E-state index < -0.39 is 49.4 Å². The maximum Gasteiger partial charge on any atom is 0.323 e. The third kappa shape index (κ3) is 6.84. The zero-order chi connectivity index (χ0) is 33.4. The number of carbonyl (C=O) groups excluding carboxylic acids is 1. The standard InChI is InChI=1S/C30H37ClFN6O6PS/c1-17(2)42-29(40)18(3)36-45(46,44-22-13-9-11-20-10-7-8-12-21(20)22)41-15-30(14-31)25(39)23(32)28(43-30)38-16-33-24-26(37(5)6)34-19(4)35-27(24)38/h7-13,16-18,23,25,28,39H,14-15H2,1-6H3,(H,36,46)/t18-,23+,25-,28+,30+,45+/m0/s1. The highest BCUT2D eigenvalue weighted by molar-refractivity contribution is 8.09. The van der Waals surface area contributed by atoms with Crippen LogP contribution >= 0.6 is 18.2 Å². The number of imidazole rings is 1. The summed E-state index contributed by atoms with van der Waals surface area (Å²) in [6.45, 7) is 2.64. The Hall–Kier alpha value is -2.97. The third-order valence-corrected chi connectivity index (χ3v) is 10.3. The molecule has 0 spiro atoms. The lowest BCUT2D eigenvalue weighted by Crippen LogP contribution is -2.48. The molecule has 2 aromatic carbocycles. The first-order valence-electron chi connectivity index (χ1n) is 14.6. The summed E-state index contributed by atoms with van der Waals surface area (Å²) in [6.07, 6.45) is -4.00. The number of hydrogen-bond donors (Lipinski definition) is 2. The number of fused-ring (bicyclic) bond motifs is 2. The molecule has 12 nitrogen and oxygen atoms in total. The zero-order valence-electron chi connectivity index (χ0n) is 26.3. The largest absolute Gasteiger partial charge is 0.462 e. The highest BCUT2D eigenvalue weighted by Crippen LogP contribution is 2.50. The summed E-state index contributed by atoms with van der Waals surface area (Å²) in [6, 6.07) is 12.1. The fourth-order valence-corrected chi connectivity index (χ4v) is 7.86. The van der Waals surface area contributed by atoms with Gasteiger partial charge in [0.15, 0.2) is 29.4 Å². The van der Waals surface area contributed by atoms with Crippen molar-refractivity contribution < 1.29 is 32.8 Å². The van der Waals surface area contributed by atoms with Crippen LogP contribution in [0.15, 0.2) is 48.8 Å². The molecule has 4 aromatic rings. The summed E-state index contributed by atoms with van der Waals surface area (Å²) in [5.41, 5.74) is -0.999. The number of nitrogens with zero attached hydrogens (tertiary/aromatic N) is 5. The minimum Gasteiger partial charge on any atom is -0.462 e. The van der Waals surface area contributed by atoms with E-state index in [2.05, 4.69) is 20.0 Å². The van der Waals surface area contributed by atoms with Crippen LogP contribution in [0.4, 0.5) is 10.2 Å². The number of alkyl halides is 2.